The number of nitrogens with zero attached hydrogens (tertiary/aromatic N) is 2. The molecule has 0 aliphatic rings. The van der Waals surface area contributed by atoms with E-state index in [9.17, 15) is 19.3 Å². The average molecular weight is 388 g/mol. The minimum atomic E-state index is -0.718. The van der Waals surface area contributed by atoms with Crippen molar-refractivity contribution < 1.29 is 18.5 Å². The highest BCUT2D eigenvalue weighted by Gasteiger charge is 2.18. The van der Waals surface area contributed by atoms with Crippen molar-refractivity contribution in [3.8, 4) is 11.3 Å². The van der Waals surface area contributed by atoms with E-state index >= 15 is 0 Å². The van der Waals surface area contributed by atoms with Crippen molar-refractivity contribution in [3.63, 3.8) is 0 Å². The van der Waals surface area contributed by atoms with E-state index in [4.69, 9.17) is 16.0 Å². The van der Waals surface area contributed by atoms with Gasteiger partial charge in [0.05, 0.1) is 22.3 Å². The zero-order valence-electron chi connectivity index (χ0n) is 13.6. The Bertz CT molecular complexity index is 1050. The summed E-state index contributed by atoms with van der Waals surface area (Å²) in [6.45, 7) is 0. The molecule has 27 heavy (non-hydrogen) atoms. The molecule has 0 aliphatic carbocycles. The molecule has 1 heterocycles. The number of halogens is 2. The van der Waals surface area contributed by atoms with Gasteiger partial charge in [0, 0.05) is 11.1 Å². The normalized spacial score (nSPS) is 10.9. The molecule has 0 saturated heterocycles. The van der Waals surface area contributed by atoms with Crippen LogP contribution < -0.4 is 5.43 Å². The Morgan fingerprint density at radius 3 is 2.74 bits per heavy atom. The van der Waals surface area contributed by atoms with Crippen molar-refractivity contribution >= 4 is 29.4 Å². The lowest BCUT2D eigenvalue weighted by Crippen LogP contribution is -2.18. The number of carbonyl (C=O) groups excluding carboxylic acids is 1. The zero-order chi connectivity index (χ0) is 19.4. The van der Waals surface area contributed by atoms with Crippen LogP contribution in [0, 0.1) is 15.9 Å². The van der Waals surface area contributed by atoms with Gasteiger partial charge in [0.1, 0.15) is 17.3 Å². The van der Waals surface area contributed by atoms with Crippen LogP contribution in [-0.2, 0) is 0 Å². The summed E-state index contributed by atoms with van der Waals surface area (Å²) >= 11 is 5.79. The number of rotatable bonds is 5. The lowest BCUT2D eigenvalue weighted by atomic mass is 10.1. The van der Waals surface area contributed by atoms with E-state index in [0.29, 0.717) is 0 Å². The first-order valence-electron chi connectivity index (χ1n) is 7.58. The SMILES string of the molecule is O=C(N/N=C\c1ccc(-c2ccc(Cl)cc2[N+](=O)[O-])o1)c1ccccc1F. The molecule has 0 atom stereocenters. The van der Waals surface area contributed by atoms with Gasteiger partial charge in [-0.05, 0) is 36.4 Å². The maximum absolute atomic E-state index is 13.5. The second kappa shape index (κ2) is 7.79. The lowest BCUT2D eigenvalue weighted by molar-refractivity contribution is -0.384. The van der Waals surface area contributed by atoms with Gasteiger partial charge in [-0.15, -0.1) is 0 Å². The molecule has 1 N–H and O–H groups in total. The van der Waals surface area contributed by atoms with Crippen molar-refractivity contribution in [2.24, 2.45) is 5.10 Å². The van der Waals surface area contributed by atoms with Gasteiger partial charge < -0.3 is 4.42 Å². The van der Waals surface area contributed by atoms with E-state index in [-0.39, 0.29) is 33.4 Å². The van der Waals surface area contributed by atoms with E-state index in [1.165, 1.54) is 54.7 Å². The first-order valence-corrected chi connectivity index (χ1v) is 7.95. The molecule has 0 aliphatic heterocycles. The highest BCUT2D eigenvalue weighted by Crippen LogP contribution is 2.33. The summed E-state index contributed by atoms with van der Waals surface area (Å²) < 4.78 is 19.0. The number of carbonyl (C=O) groups is 1. The van der Waals surface area contributed by atoms with Crippen LogP contribution in [-0.4, -0.2) is 17.0 Å². The van der Waals surface area contributed by atoms with Crippen molar-refractivity contribution in [2.75, 3.05) is 0 Å². The summed E-state index contributed by atoms with van der Waals surface area (Å²) in [7, 11) is 0. The number of hydrogen-bond donors (Lipinski definition) is 1. The molecule has 0 spiro atoms. The predicted octanol–water partition coefficient (Wildman–Crippen LogP) is 4.41. The molecule has 1 aromatic heterocycles. The van der Waals surface area contributed by atoms with Gasteiger partial charge in [-0.25, -0.2) is 9.82 Å². The van der Waals surface area contributed by atoms with Crippen LogP contribution in [0.3, 0.4) is 0 Å². The molecule has 0 unspecified atom stereocenters. The van der Waals surface area contributed by atoms with Crippen LogP contribution in [0.5, 0.6) is 0 Å². The zero-order valence-corrected chi connectivity index (χ0v) is 14.3. The van der Waals surface area contributed by atoms with Gasteiger partial charge in [-0.2, -0.15) is 5.10 Å². The van der Waals surface area contributed by atoms with Crippen LogP contribution in [0.15, 0.2) is 64.1 Å². The molecule has 2 aromatic carbocycles. The van der Waals surface area contributed by atoms with Gasteiger partial charge >= 0.3 is 0 Å². The van der Waals surface area contributed by atoms with E-state index in [2.05, 4.69) is 10.5 Å². The number of benzene rings is 2. The Morgan fingerprint density at radius 2 is 2.00 bits per heavy atom. The van der Waals surface area contributed by atoms with Crippen molar-refractivity contribution in [3.05, 3.63) is 86.9 Å². The molecule has 3 rings (SSSR count). The van der Waals surface area contributed by atoms with Crippen molar-refractivity contribution in [1.82, 2.24) is 5.43 Å². The quantitative estimate of drug-likeness (QED) is 0.398. The number of furan rings is 1. The third kappa shape index (κ3) is 4.18. The third-order valence-electron chi connectivity index (χ3n) is 3.53. The Kier molecular flexibility index (Phi) is 5.28. The smallest absolute Gasteiger partial charge is 0.281 e. The fourth-order valence-electron chi connectivity index (χ4n) is 2.29. The number of nitro benzene ring substituents is 1. The number of nitro groups is 1. The standard InChI is InChI=1S/C18H11ClFN3O4/c19-11-5-7-14(16(9-11)23(25)26)17-8-6-12(27-17)10-21-22-18(24)13-3-1-2-4-15(13)20/h1-10H,(H,22,24)/b21-10-. The second-order valence-electron chi connectivity index (χ2n) is 5.30. The van der Waals surface area contributed by atoms with Crippen molar-refractivity contribution in [2.45, 2.75) is 0 Å². The minimum absolute atomic E-state index is 0.147. The summed E-state index contributed by atoms with van der Waals surface area (Å²) in [4.78, 5) is 22.5. The first kappa shape index (κ1) is 18.3. The first-order chi connectivity index (χ1) is 13.0. The topological polar surface area (TPSA) is 97.7 Å². The molecule has 0 radical (unpaired) electrons. The van der Waals surface area contributed by atoms with Crippen molar-refractivity contribution in [1.29, 1.82) is 0 Å². The van der Waals surface area contributed by atoms with E-state index in [0.717, 1.165) is 6.07 Å². The molecule has 7 nitrogen and oxygen atoms in total. The molecule has 0 bridgehead atoms. The van der Waals surface area contributed by atoms with E-state index < -0.39 is 16.6 Å². The van der Waals surface area contributed by atoms with Gasteiger partial charge in [0.2, 0.25) is 0 Å². The molecule has 9 heteroatoms. The number of nitrogens with one attached hydrogen (secondary N) is 1. The molecular weight excluding hydrogens is 377 g/mol. The molecule has 136 valence electrons. The van der Waals surface area contributed by atoms with Crippen LogP contribution in [0.1, 0.15) is 16.1 Å². The Balaban J connectivity index is 1.75. The fourth-order valence-corrected chi connectivity index (χ4v) is 2.46. The summed E-state index contributed by atoms with van der Waals surface area (Å²) in [6.07, 6.45) is 1.20. The van der Waals surface area contributed by atoms with Crippen LogP contribution in [0.2, 0.25) is 5.02 Å². The maximum Gasteiger partial charge on any atom is 0.281 e. The predicted molar refractivity (Wildman–Crippen MR) is 97.3 cm³/mol. The highest BCUT2D eigenvalue weighted by molar-refractivity contribution is 6.30. The third-order valence-corrected chi connectivity index (χ3v) is 3.76. The van der Waals surface area contributed by atoms with Gasteiger partial charge in [0.25, 0.3) is 11.6 Å². The molecule has 0 saturated carbocycles. The highest BCUT2D eigenvalue weighted by atomic mass is 35.5. The number of amides is 1. The lowest BCUT2D eigenvalue weighted by Gasteiger charge is -2.01. The Labute approximate surface area is 157 Å². The Morgan fingerprint density at radius 1 is 1.22 bits per heavy atom. The molecular formula is C18H11ClFN3O4. The van der Waals surface area contributed by atoms with E-state index in [1.807, 2.05) is 0 Å². The maximum atomic E-state index is 13.5. The molecule has 3 aromatic rings. The number of hydrogen-bond acceptors (Lipinski definition) is 5. The summed E-state index contributed by atoms with van der Waals surface area (Å²) in [5, 5.41) is 15.1. The monoisotopic (exact) mass is 387 g/mol. The average Bonchev–Trinajstić information content (AvgIpc) is 3.10. The molecule has 1 amide bonds. The van der Waals surface area contributed by atoms with E-state index in [1.54, 1.807) is 0 Å². The Hall–Kier alpha value is -3.52. The largest absolute Gasteiger partial charge is 0.455 e. The van der Waals surface area contributed by atoms with Crippen LogP contribution >= 0.6 is 11.6 Å². The summed E-state index contributed by atoms with van der Waals surface area (Å²) in [5.74, 6) is -0.909. The van der Waals surface area contributed by atoms with Gasteiger partial charge in [0.15, 0.2) is 0 Å². The van der Waals surface area contributed by atoms with Gasteiger partial charge in [-0.3, -0.25) is 14.9 Å². The summed E-state index contributed by atoms with van der Waals surface area (Å²) in [5.41, 5.74) is 2.08. The number of hydrazone groups is 1. The minimum Gasteiger partial charge on any atom is -0.455 e. The van der Waals surface area contributed by atoms with Gasteiger partial charge in [-0.1, -0.05) is 23.7 Å². The van der Waals surface area contributed by atoms with Crippen LogP contribution in [0.25, 0.3) is 11.3 Å². The fraction of sp³-hybridized carbons (Fsp3) is 0. The summed E-state index contributed by atoms with van der Waals surface area (Å²) in [6, 6.07) is 12.7. The molecule has 0 fully saturated rings. The van der Waals surface area contributed by atoms with Crippen LogP contribution in [0.4, 0.5) is 10.1 Å². The second-order valence-corrected chi connectivity index (χ2v) is 5.74.